The number of furan rings is 1. The van der Waals surface area contributed by atoms with Crippen LogP contribution in [0, 0.1) is 12.8 Å². The van der Waals surface area contributed by atoms with Crippen molar-refractivity contribution in [3.05, 3.63) is 40.5 Å². The molecule has 0 aliphatic carbocycles. The molecule has 21 heavy (non-hydrogen) atoms. The lowest BCUT2D eigenvalue weighted by Crippen LogP contribution is -2.20. The van der Waals surface area contributed by atoms with Gasteiger partial charge >= 0.3 is 0 Å². The molecule has 4 rings (SSSR count). The maximum Gasteiger partial charge on any atom is 0.168 e. The predicted molar refractivity (Wildman–Crippen MR) is 89.3 cm³/mol. The molecule has 108 valence electrons. The van der Waals surface area contributed by atoms with Gasteiger partial charge in [-0.15, -0.1) is 0 Å². The van der Waals surface area contributed by atoms with E-state index in [-0.39, 0.29) is 0 Å². The summed E-state index contributed by atoms with van der Waals surface area (Å²) in [5.74, 6) is 0.490. The van der Waals surface area contributed by atoms with E-state index >= 15 is 0 Å². The first-order chi connectivity index (χ1) is 10.2. The molecule has 0 bridgehead atoms. The third-order valence-electron chi connectivity index (χ3n) is 4.08. The lowest BCUT2D eigenvalue weighted by molar-refractivity contribution is 0.604. The van der Waals surface area contributed by atoms with Crippen molar-refractivity contribution in [3.63, 3.8) is 0 Å². The number of rotatable bonds is 2. The van der Waals surface area contributed by atoms with E-state index in [0.717, 1.165) is 23.8 Å². The van der Waals surface area contributed by atoms with Crippen molar-refractivity contribution in [2.75, 3.05) is 13.1 Å². The Morgan fingerprint density at radius 1 is 1.33 bits per heavy atom. The molecular weight excluding hydrogens is 280 g/mol. The molecule has 3 nitrogen and oxygen atoms in total. The lowest BCUT2D eigenvalue weighted by atomic mass is 10.0. The monoisotopic (exact) mass is 298 g/mol. The molecule has 2 aliphatic heterocycles. The van der Waals surface area contributed by atoms with E-state index in [1.807, 2.05) is 18.0 Å². The zero-order chi connectivity index (χ0) is 14.6. The number of benzene rings is 1. The summed E-state index contributed by atoms with van der Waals surface area (Å²) in [5, 5.41) is 2.35. The van der Waals surface area contributed by atoms with Crippen molar-refractivity contribution in [1.29, 1.82) is 0 Å². The van der Waals surface area contributed by atoms with Gasteiger partial charge in [-0.1, -0.05) is 37.7 Å². The van der Waals surface area contributed by atoms with E-state index in [1.165, 1.54) is 27.1 Å². The van der Waals surface area contributed by atoms with Crippen molar-refractivity contribution < 1.29 is 4.42 Å². The molecule has 0 N–H and O–H groups in total. The Hall–Kier alpha value is -1.68. The third-order valence-corrected chi connectivity index (χ3v) is 5.50. The maximum absolute atomic E-state index is 5.86. The van der Waals surface area contributed by atoms with Crippen molar-refractivity contribution in [2.45, 2.75) is 20.8 Å². The topological polar surface area (TPSA) is 28.7 Å². The quantitative estimate of drug-likeness (QED) is 0.818. The van der Waals surface area contributed by atoms with Crippen LogP contribution in [0.3, 0.4) is 0 Å². The molecule has 0 saturated carbocycles. The number of aryl methyl sites for hydroxylation is 1. The number of thioether (sulfide) groups is 1. The average molecular weight is 298 g/mol. The fraction of sp³-hybridized carbons (Fsp3) is 0.353. The summed E-state index contributed by atoms with van der Waals surface area (Å²) < 4.78 is 5.86. The van der Waals surface area contributed by atoms with Crippen LogP contribution in [0.5, 0.6) is 0 Å². The number of nitrogens with zero attached hydrogens (tertiary/aromatic N) is 2. The fourth-order valence-corrected chi connectivity index (χ4v) is 4.24. The van der Waals surface area contributed by atoms with Crippen LogP contribution in [0.2, 0.25) is 0 Å². The van der Waals surface area contributed by atoms with Gasteiger partial charge in [0.1, 0.15) is 5.58 Å². The van der Waals surface area contributed by atoms with Crippen molar-refractivity contribution in [3.8, 4) is 0 Å². The molecule has 0 fully saturated rings. The van der Waals surface area contributed by atoms with E-state index in [1.54, 1.807) is 0 Å². The van der Waals surface area contributed by atoms with Gasteiger partial charge in [0.2, 0.25) is 0 Å². The summed E-state index contributed by atoms with van der Waals surface area (Å²) in [6.45, 7) is 8.46. The Balaban J connectivity index is 1.97. The summed E-state index contributed by atoms with van der Waals surface area (Å²) in [6, 6.07) is 6.43. The van der Waals surface area contributed by atoms with Gasteiger partial charge in [0, 0.05) is 22.4 Å². The molecule has 3 heterocycles. The molecule has 1 aromatic heterocycles. The number of para-hydroxylation sites is 1. The minimum Gasteiger partial charge on any atom is -0.463 e. The highest BCUT2D eigenvalue weighted by atomic mass is 32.2. The first-order valence-corrected chi connectivity index (χ1v) is 8.19. The van der Waals surface area contributed by atoms with Crippen LogP contribution in [0.15, 0.2) is 38.8 Å². The van der Waals surface area contributed by atoms with Crippen molar-refractivity contribution >= 4 is 33.6 Å². The Labute approximate surface area is 128 Å². The van der Waals surface area contributed by atoms with Gasteiger partial charge in [0.15, 0.2) is 5.17 Å². The highest BCUT2D eigenvalue weighted by Gasteiger charge is 2.35. The SMILES string of the molecule is Cc1coc2c(C3=C(C(C)C)SC4=NCCN43)cccc12. The summed E-state index contributed by atoms with van der Waals surface area (Å²) in [4.78, 5) is 8.38. The Bertz CT molecular complexity index is 785. The van der Waals surface area contributed by atoms with Crippen LogP contribution in [0.25, 0.3) is 16.7 Å². The van der Waals surface area contributed by atoms with Gasteiger partial charge in [-0.3, -0.25) is 4.99 Å². The van der Waals surface area contributed by atoms with E-state index in [2.05, 4.69) is 48.9 Å². The molecule has 0 amide bonds. The Kier molecular flexibility index (Phi) is 2.89. The summed E-state index contributed by atoms with van der Waals surface area (Å²) in [7, 11) is 0. The maximum atomic E-state index is 5.86. The Morgan fingerprint density at radius 2 is 2.19 bits per heavy atom. The number of allylic oxidation sites excluding steroid dienone is 1. The average Bonchev–Trinajstić information content (AvgIpc) is 3.12. The minimum atomic E-state index is 0.490. The minimum absolute atomic E-state index is 0.490. The molecule has 0 radical (unpaired) electrons. The van der Waals surface area contributed by atoms with E-state index in [4.69, 9.17) is 4.42 Å². The smallest absolute Gasteiger partial charge is 0.168 e. The highest BCUT2D eigenvalue weighted by molar-refractivity contribution is 8.17. The number of hydrogen-bond donors (Lipinski definition) is 0. The standard InChI is InChI=1S/C17H18N2OS/c1-10(2)16-14(19-8-7-18-17(19)21-16)13-6-4-5-12-11(3)9-20-15(12)13/h4-6,9-10H,7-8H2,1-3H3. The third kappa shape index (κ3) is 1.85. The molecule has 0 unspecified atom stereocenters. The second-order valence-electron chi connectivity index (χ2n) is 5.89. The van der Waals surface area contributed by atoms with E-state index in [0.29, 0.717) is 5.92 Å². The van der Waals surface area contributed by atoms with Crippen LogP contribution in [-0.4, -0.2) is 23.2 Å². The van der Waals surface area contributed by atoms with Gasteiger partial charge in [-0.25, -0.2) is 0 Å². The summed E-state index contributed by atoms with van der Waals surface area (Å²) in [6.07, 6.45) is 1.85. The molecule has 2 aliphatic rings. The van der Waals surface area contributed by atoms with E-state index in [9.17, 15) is 0 Å². The zero-order valence-electron chi connectivity index (χ0n) is 12.5. The molecule has 0 saturated heterocycles. The van der Waals surface area contributed by atoms with Gasteiger partial charge in [-0.05, 0) is 24.5 Å². The van der Waals surface area contributed by atoms with Crippen LogP contribution in [-0.2, 0) is 0 Å². The number of fused-ring (bicyclic) bond motifs is 2. The van der Waals surface area contributed by atoms with Gasteiger partial charge in [0.05, 0.1) is 18.5 Å². The molecule has 0 spiro atoms. The molecule has 0 atom stereocenters. The summed E-state index contributed by atoms with van der Waals surface area (Å²) in [5.41, 5.74) is 4.69. The fourth-order valence-electron chi connectivity index (χ4n) is 3.04. The predicted octanol–water partition coefficient (Wildman–Crippen LogP) is 4.48. The number of amidine groups is 1. The van der Waals surface area contributed by atoms with Crippen LogP contribution < -0.4 is 0 Å². The van der Waals surface area contributed by atoms with Crippen LogP contribution in [0.1, 0.15) is 25.0 Å². The molecular formula is C17H18N2OS. The lowest BCUT2D eigenvalue weighted by Gasteiger charge is -2.18. The Morgan fingerprint density at radius 3 is 3.00 bits per heavy atom. The second kappa shape index (κ2) is 4.67. The largest absolute Gasteiger partial charge is 0.463 e. The van der Waals surface area contributed by atoms with Crippen LogP contribution in [0.4, 0.5) is 0 Å². The first-order valence-electron chi connectivity index (χ1n) is 7.38. The second-order valence-corrected chi connectivity index (χ2v) is 6.90. The van der Waals surface area contributed by atoms with Crippen LogP contribution >= 0.6 is 11.8 Å². The normalized spacial score (nSPS) is 18.1. The van der Waals surface area contributed by atoms with Gasteiger partial charge in [0.25, 0.3) is 0 Å². The van der Waals surface area contributed by atoms with Crippen molar-refractivity contribution in [2.24, 2.45) is 10.9 Å². The molecule has 2 aromatic rings. The molecule has 4 heteroatoms. The number of hydrogen-bond acceptors (Lipinski definition) is 4. The van der Waals surface area contributed by atoms with Gasteiger partial charge in [-0.2, -0.15) is 0 Å². The summed E-state index contributed by atoms with van der Waals surface area (Å²) >= 11 is 1.82. The zero-order valence-corrected chi connectivity index (χ0v) is 13.3. The first kappa shape index (κ1) is 13.0. The number of aliphatic imine (C=N–C) groups is 1. The highest BCUT2D eigenvalue weighted by Crippen LogP contribution is 2.46. The molecule has 1 aromatic carbocycles. The van der Waals surface area contributed by atoms with Crippen molar-refractivity contribution in [1.82, 2.24) is 4.90 Å². The van der Waals surface area contributed by atoms with E-state index < -0.39 is 0 Å². The van der Waals surface area contributed by atoms with Gasteiger partial charge < -0.3 is 9.32 Å².